The lowest BCUT2D eigenvalue weighted by molar-refractivity contribution is -0.136. The van der Waals surface area contributed by atoms with E-state index in [1.807, 2.05) is 24.4 Å². The average Bonchev–Trinajstić information content (AvgIpc) is 3.39. The average molecular weight is 488 g/mol. The summed E-state index contributed by atoms with van der Waals surface area (Å²) >= 11 is 0. The number of nitrogens with one attached hydrogen (secondary N) is 2. The van der Waals surface area contributed by atoms with E-state index in [1.165, 1.54) is 5.56 Å². The second-order valence-corrected chi connectivity index (χ2v) is 8.83. The Labute approximate surface area is 210 Å². The monoisotopic (exact) mass is 487 g/mol. The molecular formula is C27H29N5O4. The maximum atomic E-state index is 12.6. The Morgan fingerprint density at radius 3 is 2.50 bits per heavy atom. The number of amides is 2. The minimum absolute atomic E-state index is 0.0835. The summed E-state index contributed by atoms with van der Waals surface area (Å²) in [5.74, 6) is -0.271. The highest BCUT2D eigenvalue weighted by atomic mass is 16.7. The summed E-state index contributed by atoms with van der Waals surface area (Å²) in [7, 11) is 0. The molecule has 2 aromatic carbocycles. The minimum atomic E-state index is -0.730. The molecule has 1 aromatic heterocycles. The molecule has 0 aliphatic carbocycles. The van der Waals surface area contributed by atoms with Gasteiger partial charge in [0.25, 0.3) is 0 Å². The van der Waals surface area contributed by atoms with E-state index in [0.717, 1.165) is 38.3 Å². The van der Waals surface area contributed by atoms with Crippen molar-refractivity contribution in [3.8, 4) is 11.5 Å². The predicted molar refractivity (Wildman–Crippen MR) is 134 cm³/mol. The molecule has 36 heavy (non-hydrogen) atoms. The van der Waals surface area contributed by atoms with E-state index in [0.29, 0.717) is 23.7 Å². The third kappa shape index (κ3) is 5.81. The summed E-state index contributed by atoms with van der Waals surface area (Å²) in [6.07, 6.45) is 3.55. The van der Waals surface area contributed by atoms with Crippen LogP contribution in [0.15, 0.2) is 73.1 Å². The first-order valence-corrected chi connectivity index (χ1v) is 12.0. The number of hydrogen-bond donors (Lipinski definition) is 2. The number of aromatic nitrogens is 1. The number of ether oxygens (including phenoxy) is 2. The molecule has 3 heterocycles. The smallest absolute Gasteiger partial charge is 0.313 e. The highest BCUT2D eigenvalue weighted by Crippen LogP contribution is 2.34. The molecule has 9 heteroatoms. The van der Waals surface area contributed by atoms with Crippen molar-refractivity contribution >= 4 is 17.5 Å². The Hall–Kier alpha value is -3.95. The molecule has 0 bridgehead atoms. The van der Waals surface area contributed by atoms with Gasteiger partial charge in [0, 0.05) is 63.4 Å². The van der Waals surface area contributed by atoms with Gasteiger partial charge in [0.2, 0.25) is 6.79 Å². The second kappa shape index (κ2) is 11.2. The molecule has 1 fully saturated rings. The van der Waals surface area contributed by atoms with Gasteiger partial charge in [0.1, 0.15) is 0 Å². The summed E-state index contributed by atoms with van der Waals surface area (Å²) in [6.45, 7) is 4.91. The van der Waals surface area contributed by atoms with Gasteiger partial charge >= 0.3 is 11.8 Å². The van der Waals surface area contributed by atoms with Crippen LogP contribution in [-0.4, -0.2) is 66.1 Å². The van der Waals surface area contributed by atoms with Crippen molar-refractivity contribution in [2.75, 3.05) is 44.8 Å². The number of fused-ring (bicyclic) bond motifs is 1. The third-order valence-electron chi connectivity index (χ3n) is 6.46. The zero-order valence-corrected chi connectivity index (χ0v) is 19.9. The van der Waals surface area contributed by atoms with Crippen LogP contribution in [0.4, 0.5) is 5.69 Å². The fraction of sp³-hybridized carbons (Fsp3) is 0.296. The standard InChI is InChI=1S/C27H29N5O4/c33-26(27(34)30-22-8-9-24-25(15-22)36-19-35-24)29-17-23(21-7-4-10-28-16-21)32-13-11-31(12-14-32)18-20-5-2-1-3-6-20/h1-10,15-16,23H,11-14,17-19H2,(H,29,33)(H,30,34)/t23-/m1/s1. The molecule has 0 unspecified atom stereocenters. The van der Waals surface area contributed by atoms with Gasteiger partial charge in [-0.15, -0.1) is 0 Å². The molecule has 9 nitrogen and oxygen atoms in total. The van der Waals surface area contributed by atoms with Crippen LogP contribution < -0.4 is 20.1 Å². The number of pyridine rings is 1. The first kappa shape index (κ1) is 23.8. The van der Waals surface area contributed by atoms with Crippen LogP contribution in [0.25, 0.3) is 0 Å². The van der Waals surface area contributed by atoms with Gasteiger partial charge in [-0.2, -0.15) is 0 Å². The highest BCUT2D eigenvalue weighted by Gasteiger charge is 2.27. The molecule has 0 radical (unpaired) electrons. The normalized spacial score (nSPS) is 16.3. The fourth-order valence-electron chi connectivity index (χ4n) is 4.54. The van der Waals surface area contributed by atoms with Crippen LogP contribution in [0.2, 0.25) is 0 Å². The Balaban J connectivity index is 1.18. The number of carbonyl (C=O) groups excluding carboxylic acids is 2. The zero-order valence-electron chi connectivity index (χ0n) is 19.9. The SMILES string of the molecule is O=C(NC[C@H](c1cccnc1)N1CCN(Cc2ccccc2)CC1)C(=O)Nc1ccc2c(c1)OCO2. The van der Waals surface area contributed by atoms with Crippen molar-refractivity contribution in [3.63, 3.8) is 0 Å². The van der Waals surface area contributed by atoms with E-state index in [2.05, 4.69) is 49.7 Å². The lowest BCUT2D eigenvalue weighted by atomic mass is 10.1. The number of benzene rings is 2. The van der Waals surface area contributed by atoms with E-state index in [-0.39, 0.29) is 12.8 Å². The first-order valence-electron chi connectivity index (χ1n) is 12.0. The van der Waals surface area contributed by atoms with E-state index >= 15 is 0 Å². The number of anilines is 1. The molecule has 2 N–H and O–H groups in total. The summed E-state index contributed by atoms with van der Waals surface area (Å²) in [4.78, 5) is 34.2. The second-order valence-electron chi connectivity index (χ2n) is 8.83. The molecule has 1 atom stereocenters. The topological polar surface area (TPSA) is 96.0 Å². The number of nitrogens with zero attached hydrogens (tertiary/aromatic N) is 3. The van der Waals surface area contributed by atoms with Crippen LogP contribution in [0.3, 0.4) is 0 Å². The third-order valence-corrected chi connectivity index (χ3v) is 6.46. The molecular weight excluding hydrogens is 458 g/mol. The summed E-state index contributed by atoms with van der Waals surface area (Å²) < 4.78 is 10.6. The summed E-state index contributed by atoms with van der Waals surface area (Å²) in [5, 5.41) is 5.44. The molecule has 186 valence electrons. The van der Waals surface area contributed by atoms with Crippen LogP contribution in [0.5, 0.6) is 11.5 Å². The molecule has 5 rings (SSSR count). The molecule has 3 aromatic rings. The van der Waals surface area contributed by atoms with Gasteiger partial charge in [0.15, 0.2) is 11.5 Å². The maximum absolute atomic E-state index is 12.6. The van der Waals surface area contributed by atoms with Crippen LogP contribution >= 0.6 is 0 Å². The number of rotatable bonds is 7. The van der Waals surface area contributed by atoms with Crippen LogP contribution in [0.1, 0.15) is 17.2 Å². The van der Waals surface area contributed by atoms with Crippen LogP contribution in [-0.2, 0) is 16.1 Å². The van der Waals surface area contributed by atoms with Gasteiger partial charge in [-0.1, -0.05) is 36.4 Å². The Bertz CT molecular complexity index is 1180. The zero-order chi connectivity index (χ0) is 24.7. The Kier molecular flexibility index (Phi) is 7.39. The molecule has 1 saturated heterocycles. The lowest BCUT2D eigenvalue weighted by Crippen LogP contribution is -2.50. The number of piperazine rings is 1. The number of hydrogen-bond acceptors (Lipinski definition) is 7. The highest BCUT2D eigenvalue weighted by molar-refractivity contribution is 6.39. The minimum Gasteiger partial charge on any atom is -0.454 e. The van der Waals surface area contributed by atoms with Crippen molar-refractivity contribution in [3.05, 3.63) is 84.2 Å². The van der Waals surface area contributed by atoms with Gasteiger partial charge in [0.05, 0.1) is 6.04 Å². The molecule has 0 saturated carbocycles. The predicted octanol–water partition coefficient (Wildman–Crippen LogP) is 2.42. The first-order chi connectivity index (χ1) is 17.7. The lowest BCUT2D eigenvalue weighted by Gasteiger charge is -2.39. The molecule has 2 aliphatic rings. The van der Waals surface area contributed by atoms with Crippen molar-refractivity contribution < 1.29 is 19.1 Å². The quantitative estimate of drug-likeness (QED) is 0.494. The largest absolute Gasteiger partial charge is 0.454 e. The van der Waals surface area contributed by atoms with Crippen molar-refractivity contribution in [2.24, 2.45) is 0 Å². The van der Waals surface area contributed by atoms with Crippen molar-refractivity contribution in [1.29, 1.82) is 0 Å². The van der Waals surface area contributed by atoms with Crippen molar-refractivity contribution in [2.45, 2.75) is 12.6 Å². The van der Waals surface area contributed by atoms with Gasteiger partial charge in [-0.25, -0.2) is 0 Å². The van der Waals surface area contributed by atoms with E-state index in [1.54, 1.807) is 24.4 Å². The van der Waals surface area contributed by atoms with E-state index in [9.17, 15) is 9.59 Å². The van der Waals surface area contributed by atoms with Gasteiger partial charge in [-0.3, -0.25) is 24.4 Å². The summed E-state index contributed by atoms with van der Waals surface area (Å²) in [6, 6.07) is 19.3. The molecule has 0 spiro atoms. The van der Waals surface area contributed by atoms with E-state index in [4.69, 9.17) is 9.47 Å². The fourth-order valence-corrected chi connectivity index (χ4v) is 4.54. The van der Waals surface area contributed by atoms with E-state index < -0.39 is 11.8 Å². The maximum Gasteiger partial charge on any atom is 0.313 e. The number of carbonyl (C=O) groups is 2. The Morgan fingerprint density at radius 1 is 0.917 bits per heavy atom. The van der Waals surface area contributed by atoms with Crippen molar-refractivity contribution in [1.82, 2.24) is 20.1 Å². The van der Waals surface area contributed by atoms with Gasteiger partial charge in [-0.05, 0) is 29.3 Å². The van der Waals surface area contributed by atoms with Crippen LogP contribution in [0, 0.1) is 0 Å². The molecule has 2 aliphatic heterocycles. The Morgan fingerprint density at radius 2 is 1.72 bits per heavy atom. The van der Waals surface area contributed by atoms with Gasteiger partial charge < -0.3 is 20.1 Å². The summed E-state index contributed by atoms with van der Waals surface area (Å²) in [5.41, 5.74) is 2.78. The molecule has 2 amide bonds.